The Morgan fingerprint density at radius 3 is 3.06 bits per heavy atom. The Morgan fingerprint density at radius 1 is 1.67 bits per heavy atom. The Hall–Kier alpha value is -1.40. The third-order valence-corrected chi connectivity index (χ3v) is 3.96. The molecule has 98 valence electrons. The maximum atomic E-state index is 11.8. The number of carbonyl (C=O) groups excluding carboxylic acids is 1. The summed E-state index contributed by atoms with van der Waals surface area (Å²) in [5.74, 6) is -1.11. The van der Waals surface area contributed by atoms with E-state index in [-0.39, 0.29) is 25.5 Å². The molecule has 0 aromatic carbocycles. The number of amides is 1. The highest BCUT2D eigenvalue weighted by atomic mass is 32.1. The highest BCUT2D eigenvalue weighted by Gasteiger charge is 2.47. The average Bonchev–Trinajstić information content (AvgIpc) is 2.90. The van der Waals surface area contributed by atoms with Gasteiger partial charge in [0.1, 0.15) is 5.41 Å². The van der Waals surface area contributed by atoms with Gasteiger partial charge in [0.25, 0.3) is 0 Å². The molecule has 1 aromatic heterocycles. The van der Waals surface area contributed by atoms with E-state index < -0.39 is 17.4 Å². The fraction of sp³-hybridized carbons (Fsp3) is 0.500. The maximum Gasteiger partial charge on any atom is 0.313 e. The van der Waals surface area contributed by atoms with Crippen molar-refractivity contribution in [3.05, 3.63) is 22.4 Å². The first-order valence-electron chi connectivity index (χ1n) is 5.64. The standard InChI is InChI=1S/C12H15NO4S/c1-12(11(15)16)7-17-5-9(12)13-10(14)4-8-2-3-18-6-8/h2-3,6,9H,4-5,7H2,1H3,(H,13,14)(H,15,16). The number of hydrogen-bond acceptors (Lipinski definition) is 4. The lowest BCUT2D eigenvalue weighted by molar-refractivity contribution is -0.149. The van der Waals surface area contributed by atoms with Crippen molar-refractivity contribution >= 4 is 23.2 Å². The highest BCUT2D eigenvalue weighted by Crippen LogP contribution is 2.28. The van der Waals surface area contributed by atoms with Gasteiger partial charge < -0.3 is 15.2 Å². The number of rotatable bonds is 4. The molecule has 2 heterocycles. The van der Waals surface area contributed by atoms with Crippen LogP contribution in [0.2, 0.25) is 0 Å². The number of carboxylic acids is 1. The minimum absolute atomic E-state index is 0.131. The van der Waals surface area contributed by atoms with Crippen LogP contribution in [0, 0.1) is 5.41 Å². The van der Waals surface area contributed by atoms with Crippen LogP contribution in [-0.2, 0) is 20.7 Å². The fourth-order valence-electron chi connectivity index (χ4n) is 1.91. The molecular weight excluding hydrogens is 254 g/mol. The van der Waals surface area contributed by atoms with Gasteiger partial charge in [-0.05, 0) is 29.3 Å². The zero-order valence-corrected chi connectivity index (χ0v) is 10.8. The van der Waals surface area contributed by atoms with E-state index in [1.54, 1.807) is 6.92 Å². The van der Waals surface area contributed by atoms with Crippen LogP contribution in [0.15, 0.2) is 16.8 Å². The molecule has 2 atom stereocenters. The Kier molecular flexibility index (Phi) is 3.68. The SMILES string of the molecule is CC1(C(=O)O)COCC1NC(=O)Cc1ccsc1. The predicted octanol–water partition coefficient (Wildman–Crippen LogP) is 0.896. The minimum Gasteiger partial charge on any atom is -0.481 e. The minimum atomic E-state index is -1.04. The van der Waals surface area contributed by atoms with Crippen molar-refractivity contribution < 1.29 is 19.4 Å². The maximum absolute atomic E-state index is 11.8. The third kappa shape index (κ3) is 2.54. The van der Waals surface area contributed by atoms with E-state index >= 15 is 0 Å². The van der Waals surface area contributed by atoms with Gasteiger partial charge in [0.15, 0.2) is 0 Å². The summed E-state index contributed by atoms with van der Waals surface area (Å²) in [5, 5.41) is 15.7. The first-order chi connectivity index (χ1) is 8.52. The van der Waals surface area contributed by atoms with Crippen LogP contribution in [0.1, 0.15) is 12.5 Å². The van der Waals surface area contributed by atoms with Crippen molar-refractivity contribution in [1.29, 1.82) is 0 Å². The van der Waals surface area contributed by atoms with E-state index in [0.29, 0.717) is 0 Å². The van der Waals surface area contributed by atoms with E-state index in [0.717, 1.165) is 5.56 Å². The lowest BCUT2D eigenvalue weighted by Gasteiger charge is -2.25. The lowest BCUT2D eigenvalue weighted by Crippen LogP contribution is -2.50. The first-order valence-corrected chi connectivity index (χ1v) is 6.58. The Labute approximate surface area is 109 Å². The molecule has 0 radical (unpaired) electrons. The molecule has 6 heteroatoms. The molecule has 0 saturated carbocycles. The summed E-state index contributed by atoms with van der Waals surface area (Å²) >= 11 is 1.53. The van der Waals surface area contributed by atoms with Crippen LogP contribution in [0.5, 0.6) is 0 Å². The van der Waals surface area contributed by atoms with Crippen LogP contribution in [0.25, 0.3) is 0 Å². The van der Waals surface area contributed by atoms with Gasteiger partial charge in [0, 0.05) is 0 Å². The van der Waals surface area contributed by atoms with Crippen LogP contribution < -0.4 is 5.32 Å². The lowest BCUT2D eigenvalue weighted by atomic mass is 9.85. The van der Waals surface area contributed by atoms with E-state index in [4.69, 9.17) is 4.74 Å². The van der Waals surface area contributed by atoms with Gasteiger partial charge in [-0.25, -0.2) is 0 Å². The van der Waals surface area contributed by atoms with Crippen molar-refractivity contribution in [1.82, 2.24) is 5.32 Å². The largest absolute Gasteiger partial charge is 0.481 e. The number of nitrogens with one attached hydrogen (secondary N) is 1. The summed E-state index contributed by atoms with van der Waals surface area (Å²) in [6, 6.07) is 1.41. The molecule has 1 aliphatic rings. The molecule has 0 spiro atoms. The smallest absolute Gasteiger partial charge is 0.313 e. The number of thiophene rings is 1. The molecular formula is C12H15NO4S. The monoisotopic (exact) mass is 269 g/mol. The average molecular weight is 269 g/mol. The molecule has 2 unspecified atom stereocenters. The molecule has 1 aromatic rings. The molecule has 5 nitrogen and oxygen atoms in total. The highest BCUT2D eigenvalue weighted by molar-refractivity contribution is 7.07. The summed E-state index contributed by atoms with van der Waals surface area (Å²) in [4.78, 5) is 23.0. The second kappa shape index (κ2) is 5.07. The second-order valence-corrected chi connectivity index (χ2v) is 5.45. The van der Waals surface area contributed by atoms with E-state index in [2.05, 4.69) is 5.32 Å². The summed E-state index contributed by atoms with van der Waals surface area (Å²) in [5.41, 5.74) is -0.0990. The first kappa shape index (κ1) is 13.0. The molecule has 1 saturated heterocycles. The van der Waals surface area contributed by atoms with Crippen molar-refractivity contribution in [2.45, 2.75) is 19.4 Å². The van der Waals surface area contributed by atoms with Gasteiger partial charge in [0.05, 0.1) is 25.7 Å². The number of carbonyl (C=O) groups is 2. The Morgan fingerprint density at radius 2 is 2.44 bits per heavy atom. The summed E-state index contributed by atoms with van der Waals surface area (Å²) in [7, 11) is 0. The van der Waals surface area contributed by atoms with E-state index in [1.165, 1.54) is 11.3 Å². The van der Waals surface area contributed by atoms with Crippen molar-refractivity contribution in [3.63, 3.8) is 0 Å². The summed E-state index contributed by atoms with van der Waals surface area (Å²) < 4.78 is 5.18. The molecule has 0 bridgehead atoms. The van der Waals surface area contributed by atoms with Crippen molar-refractivity contribution in [2.24, 2.45) is 5.41 Å². The van der Waals surface area contributed by atoms with Gasteiger partial charge >= 0.3 is 5.97 Å². The van der Waals surface area contributed by atoms with Gasteiger partial charge in [-0.2, -0.15) is 11.3 Å². The van der Waals surface area contributed by atoms with Crippen molar-refractivity contribution in [3.8, 4) is 0 Å². The van der Waals surface area contributed by atoms with Gasteiger partial charge in [-0.3, -0.25) is 9.59 Å². The third-order valence-electron chi connectivity index (χ3n) is 3.22. The quantitative estimate of drug-likeness (QED) is 0.851. The number of hydrogen-bond donors (Lipinski definition) is 2. The van der Waals surface area contributed by atoms with E-state index in [1.807, 2.05) is 16.8 Å². The van der Waals surface area contributed by atoms with Crippen LogP contribution in [0.4, 0.5) is 0 Å². The fourth-order valence-corrected chi connectivity index (χ4v) is 2.58. The predicted molar refractivity (Wildman–Crippen MR) is 66.5 cm³/mol. The van der Waals surface area contributed by atoms with Crippen molar-refractivity contribution in [2.75, 3.05) is 13.2 Å². The van der Waals surface area contributed by atoms with Crippen LogP contribution in [0.3, 0.4) is 0 Å². The molecule has 2 rings (SSSR count). The van der Waals surface area contributed by atoms with Gasteiger partial charge in [-0.1, -0.05) is 0 Å². The molecule has 18 heavy (non-hydrogen) atoms. The number of carboxylic acid groups (broad SMARTS) is 1. The molecule has 1 amide bonds. The summed E-state index contributed by atoms with van der Waals surface area (Å²) in [6.45, 7) is 1.97. The number of aliphatic carboxylic acids is 1. The molecule has 2 N–H and O–H groups in total. The molecule has 1 aliphatic heterocycles. The number of ether oxygens (including phenoxy) is 1. The Bertz CT molecular complexity index is 445. The van der Waals surface area contributed by atoms with Gasteiger partial charge in [0.2, 0.25) is 5.91 Å². The van der Waals surface area contributed by atoms with E-state index in [9.17, 15) is 14.7 Å². The second-order valence-electron chi connectivity index (χ2n) is 4.67. The Balaban J connectivity index is 1.96. The van der Waals surface area contributed by atoms with Gasteiger partial charge in [-0.15, -0.1) is 0 Å². The molecule has 1 fully saturated rings. The topological polar surface area (TPSA) is 75.6 Å². The summed E-state index contributed by atoms with van der Waals surface area (Å²) in [6.07, 6.45) is 0.274. The zero-order valence-electron chi connectivity index (χ0n) is 10.0. The molecule has 0 aliphatic carbocycles. The van der Waals surface area contributed by atoms with Crippen LogP contribution >= 0.6 is 11.3 Å². The zero-order chi connectivity index (χ0) is 13.2. The van der Waals surface area contributed by atoms with Crippen LogP contribution in [-0.4, -0.2) is 36.2 Å². The normalized spacial score (nSPS) is 27.1.